The molecule has 0 unspecified atom stereocenters. The molecule has 0 aliphatic carbocycles. The van der Waals surface area contributed by atoms with Gasteiger partial charge in [-0.3, -0.25) is 4.79 Å². The standard InChI is InChI=1S/C16H24O2/c1-12(2)6-11-15(17)18-14-9-7-13(8-10-14)16(3,4)5/h7-10,12H,6,11H2,1-5H3. The third-order valence-corrected chi connectivity index (χ3v) is 2.88. The van der Waals surface area contributed by atoms with Crippen molar-refractivity contribution in [3.05, 3.63) is 29.8 Å². The van der Waals surface area contributed by atoms with E-state index in [4.69, 9.17) is 4.74 Å². The molecule has 0 fully saturated rings. The van der Waals surface area contributed by atoms with Gasteiger partial charge in [-0.05, 0) is 35.4 Å². The Bertz CT molecular complexity index is 383. The summed E-state index contributed by atoms with van der Waals surface area (Å²) in [6.45, 7) is 10.7. The van der Waals surface area contributed by atoms with Gasteiger partial charge in [0, 0.05) is 6.42 Å². The zero-order valence-corrected chi connectivity index (χ0v) is 12.1. The van der Waals surface area contributed by atoms with E-state index < -0.39 is 0 Å². The average Bonchev–Trinajstić information content (AvgIpc) is 2.26. The number of esters is 1. The van der Waals surface area contributed by atoms with Crippen LogP contribution in [0, 0.1) is 5.92 Å². The summed E-state index contributed by atoms with van der Waals surface area (Å²) >= 11 is 0. The molecule has 0 saturated heterocycles. The van der Waals surface area contributed by atoms with Gasteiger partial charge in [0.25, 0.3) is 0 Å². The van der Waals surface area contributed by atoms with E-state index in [9.17, 15) is 4.79 Å². The average molecular weight is 248 g/mol. The van der Waals surface area contributed by atoms with Crippen LogP contribution in [0.15, 0.2) is 24.3 Å². The van der Waals surface area contributed by atoms with Crippen molar-refractivity contribution in [3.8, 4) is 5.75 Å². The number of rotatable bonds is 4. The molecule has 0 amide bonds. The van der Waals surface area contributed by atoms with Crippen LogP contribution in [0.3, 0.4) is 0 Å². The highest BCUT2D eigenvalue weighted by molar-refractivity contribution is 5.72. The smallest absolute Gasteiger partial charge is 0.311 e. The van der Waals surface area contributed by atoms with Gasteiger partial charge in [-0.2, -0.15) is 0 Å². The van der Waals surface area contributed by atoms with E-state index in [1.165, 1.54) is 5.56 Å². The fourth-order valence-corrected chi connectivity index (χ4v) is 1.61. The van der Waals surface area contributed by atoms with Gasteiger partial charge in [-0.1, -0.05) is 46.8 Å². The Morgan fingerprint density at radius 3 is 2.17 bits per heavy atom. The Kier molecular flexibility index (Phi) is 4.94. The number of hydrogen-bond acceptors (Lipinski definition) is 2. The molecule has 0 aliphatic heterocycles. The summed E-state index contributed by atoms with van der Waals surface area (Å²) < 4.78 is 5.29. The van der Waals surface area contributed by atoms with Gasteiger partial charge >= 0.3 is 5.97 Å². The van der Waals surface area contributed by atoms with Crippen LogP contribution in [0.4, 0.5) is 0 Å². The Hall–Kier alpha value is -1.31. The normalized spacial score (nSPS) is 11.7. The third kappa shape index (κ3) is 4.91. The maximum absolute atomic E-state index is 11.6. The molecule has 100 valence electrons. The minimum Gasteiger partial charge on any atom is -0.427 e. The molecule has 0 aromatic heterocycles. The fraction of sp³-hybridized carbons (Fsp3) is 0.562. The molecule has 0 bridgehead atoms. The van der Waals surface area contributed by atoms with Crippen molar-refractivity contribution in [2.24, 2.45) is 5.92 Å². The third-order valence-electron chi connectivity index (χ3n) is 2.88. The molecular weight excluding hydrogens is 224 g/mol. The molecule has 0 atom stereocenters. The summed E-state index contributed by atoms with van der Waals surface area (Å²) in [5, 5.41) is 0. The molecule has 1 aromatic carbocycles. The number of carbonyl (C=O) groups excluding carboxylic acids is 1. The first kappa shape index (κ1) is 14.7. The van der Waals surface area contributed by atoms with E-state index in [1.54, 1.807) is 0 Å². The predicted molar refractivity (Wildman–Crippen MR) is 74.8 cm³/mol. The van der Waals surface area contributed by atoms with Crippen LogP contribution in [-0.2, 0) is 10.2 Å². The van der Waals surface area contributed by atoms with Crippen LogP contribution in [-0.4, -0.2) is 5.97 Å². The molecule has 1 aromatic rings. The second-order valence-corrected chi connectivity index (χ2v) is 6.18. The van der Waals surface area contributed by atoms with Crippen molar-refractivity contribution in [2.45, 2.75) is 52.9 Å². The Morgan fingerprint density at radius 1 is 1.17 bits per heavy atom. The monoisotopic (exact) mass is 248 g/mol. The molecule has 0 spiro atoms. The first-order chi connectivity index (χ1) is 8.29. The maximum Gasteiger partial charge on any atom is 0.311 e. The second kappa shape index (κ2) is 6.03. The molecule has 0 heterocycles. The minimum absolute atomic E-state index is 0.125. The Labute approximate surface area is 110 Å². The van der Waals surface area contributed by atoms with Crippen molar-refractivity contribution >= 4 is 5.97 Å². The molecule has 0 aliphatic rings. The summed E-state index contributed by atoms with van der Waals surface area (Å²) in [5.74, 6) is 1.02. The van der Waals surface area contributed by atoms with Crippen LogP contribution in [0.2, 0.25) is 0 Å². The van der Waals surface area contributed by atoms with Gasteiger partial charge in [0.05, 0.1) is 0 Å². The highest BCUT2D eigenvalue weighted by Crippen LogP contribution is 2.24. The van der Waals surface area contributed by atoms with E-state index in [-0.39, 0.29) is 11.4 Å². The van der Waals surface area contributed by atoms with E-state index in [0.717, 1.165) is 6.42 Å². The highest BCUT2D eigenvalue weighted by Gasteiger charge is 2.13. The summed E-state index contributed by atoms with van der Waals surface area (Å²) in [7, 11) is 0. The van der Waals surface area contributed by atoms with E-state index in [2.05, 4.69) is 34.6 Å². The van der Waals surface area contributed by atoms with Crippen molar-refractivity contribution in [1.82, 2.24) is 0 Å². The summed E-state index contributed by atoms with van der Waals surface area (Å²) in [6.07, 6.45) is 1.36. The van der Waals surface area contributed by atoms with Crippen LogP contribution in [0.5, 0.6) is 5.75 Å². The van der Waals surface area contributed by atoms with Crippen LogP contribution >= 0.6 is 0 Å². The molecule has 2 heteroatoms. The Balaban J connectivity index is 2.56. The van der Waals surface area contributed by atoms with Gasteiger partial charge in [-0.15, -0.1) is 0 Å². The molecule has 1 rings (SSSR count). The lowest BCUT2D eigenvalue weighted by Crippen LogP contribution is -2.12. The number of hydrogen-bond donors (Lipinski definition) is 0. The van der Waals surface area contributed by atoms with E-state index in [1.807, 2.05) is 24.3 Å². The maximum atomic E-state index is 11.6. The van der Waals surface area contributed by atoms with Gasteiger partial charge in [0.2, 0.25) is 0 Å². The topological polar surface area (TPSA) is 26.3 Å². The first-order valence-electron chi connectivity index (χ1n) is 6.60. The molecule has 0 N–H and O–H groups in total. The molecule has 2 nitrogen and oxygen atoms in total. The van der Waals surface area contributed by atoms with Crippen LogP contribution in [0.1, 0.15) is 53.0 Å². The second-order valence-electron chi connectivity index (χ2n) is 6.18. The van der Waals surface area contributed by atoms with E-state index >= 15 is 0 Å². The molecule has 0 saturated carbocycles. The van der Waals surface area contributed by atoms with Gasteiger partial charge in [0.15, 0.2) is 0 Å². The summed E-state index contributed by atoms with van der Waals surface area (Å²) in [4.78, 5) is 11.6. The Morgan fingerprint density at radius 2 is 1.72 bits per heavy atom. The largest absolute Gasteiger partial charge is 0.427 e. The van der Waals surface area contributed by atoms with Crippen molar-refractivity contribution in [2.75, 3.05) is 0 Å². The lowest BCUT2D eigenvalue weighted by Gasteiger charge is -2.19. The summed E-state index contributed by atoms with van der Waals surface area (Å²) in [5.41, 5.74) is 1.37. The minimum atomic E-state index is -0.146. The number of benzene rings is 1. The fourth-order valence-electron chi connectivity index (χ4n) is 1.61. The van der Waals surface area contributed by atoms with Gasteiger partial charge in [-0.25, -0.2) is 0 Å². The number of ether oxygens (including phenoxy) is 1. The lowest BCUT2D eigenvalue weighted by atomic mass is 9.87. The summed E-state index contributed by atoms with van der Waals surface area (Å²) in [6, 6.07) is 7.78. The molecule has 0 radical (unpaired) electrons. The van der Waals surface area contributed by atoms with Crippen molar-refractivity contribution in [3.63, 3.8) is 0 Å². The lowest BCUT2D eigenvalue weighted by molar-refractivity contribution is -0.134. The number of carbonyl (C=O) groups is 1. The van der Waals surface area contributed by atoms with Gasteiger partial charge in [0.1, 0.15) is 5.75 Å². The van der Waals surface area contributed by atoms with Crippen LogP contribution < -0.4 is 4.74 Å². The van der Waals surface area contributed by atoms with Crippen molar-refractivity contribution < 1.29 is 9.53 Å². The quantitative estimate of drug-likeness (QED) is 0.585. The molecular formula is C16H24O2. The molecule has 18 heavy (non-hydrogen) atoms. The zero-order chi connectivity index (χ0) is 13.8. The zero-order valence-electron chi connectivity index (χ0n) is 12.1. The van der Waals surface area contributed by atoms with Crippen molar-refractivity contribution in [1.29, 1.82) is 0 Å². The SMILES string of the molecule is CC(C)CCC(=O)Oc1ccc(C(C)(C)C)cc1. The predicted octanol–water partition coefficient (Wildman–Crippen LogP) is 4.33. The van der Waals surface area contributed by atoms with Gasteiger partial charge < -0.3 is 4.74 Å². The van der Waals surface area contributed by atoms with E-state index in [0.29, 0.717) is 18.1 Å². The first-order valence-corrected chi connectivity index (χ1v) is 6.60. The van der Waals surface area contributed by atoms with Crippen LogP contribution in [0.25, 0.3) is 0 Å². The highest BCUT2D eigenvalue weighted by atomic mass is 16.5.